The third kappa shape index (κ3) is 5.21. The van der Waals surface area contributed by atoms with Crippen LogP contribution in [-0.2, 0) is 14.3 Å². The number of nitrogens with one attached hydrogen (secondary N) is 2. The average Bonchev–Trinajstić information content (AvgIpc) is 2.81. The minimum Gasteiger partial charge on any atom is -0.376 e. The molecule has 2 unspecified atom stereocenters. The van der Waals surface area contributed by atoms with Gasteiger partial charge in [0.2, 0.25) is 5.91 Å². The molecule has 17 heavy (non-hydrogen) atoms. The molecule has 0 radical (unpaired) electrons. The zero-order valence-electron chi connectivity index (χ0n) is 9.94. The normalized spacial score (nSPS) is 28.5. The van der Waals surface area contributed by atoms with Crippen molar-refractivity contribution in [1.29, 1.82) is 0 Å². The van der Waals surface area contributed by atoms with Gasteiger partial charge in [-0.1, -0.05) is 0 Å². The van der Waals surface area contributed by atoms with E-state index in [9.17, 15) is 4.79 Å². The van der Waals surface area contributed by atoms with Crippen LogP contribution in [0.15, 0.2) is 0 Å². The van der Waals surface area contributed by atoms with E-state index in [-0.39, 0.29) is 30.5 Å². The van der Waals surface area contributed by atoms with Crippen molar-refractivity contribution >= 4 is 18.3 Å². The van der Waals surface area contributed by atoms with Gasteiger partial charge in [0.1, 0.15) is 0 Å². The standard InChI is InChI=1S/C11H20N2O3.ClH/c14-11(6-10-7-12-3-5-16-10)13-8-9-2-1-4-15-9;/h9-10,12H,1-8H2,(H,13,14);1H. The summed E-state index contributed by atoms with van der Waals surface area (Å²) in [5, 5.41) is 6.11. The van der Waals surface area contributed by atoms with Gasteiger partial charge >= 0.3 is 0 Å². The van der Waals surface area contributed by atoms with Crippen LogP contribution in [0, 0.1) is 0 Å². The number of amides is 1. The highest BCUT2D eigenvalue weighted by atomic mass is 35.5. The summed E-state index contributed by atoms with van der Waals surface area (Å²) in [5.74, 6) is 0.0594. The summed E-state index contributed by atoms with van der Waals surface area (Å²) >= 11 is 0. The van der Waals surface area contributed by atoms with Crippen molar-refractivity contribution in [3.8, 4) is 0 Å². The predicted octanol–water partition coefficient (Wildman–Crippen LogP) is 0.0819. The molecule has 6 heteroatoms. The van der Waals surface area contributed by atoms with Gasteiger partial charge in [-0.15, -0.1) is 12.4 Å². The highest BCUT2D eigenvalue weighted by Gasteiger charge is 2.19. The van der Waals surface area contributed by atoms with Crippen LogP contribution in [0.2, 0.25) is 0 Å². The van der Waals surface area contributed by atoms with Crippen LogP contribution in [0.1, 0.15) is 19.3 Å². The Morgan fingerprint density at radius 1 is 1.29 bits per heavy atom. The largest absolute Gasteiger partial charge is 0.376 e. The van der Waals surface area contributed by atoms with Gasteiger partial charge in [0.15, 0.2) is 0 Å². The zero-order valence-corrected chi connectivity index (χ0v) is 10.8. The first-order chi connectivity index (χ1) is 7.84. The van der Waals surface area contributed by atoms with E-state index in [0.29, 0.717) is 19.6 Å². The lowest BCUT2D eigenvalue weighted by Gasteiger charge is -2.23. The van der Waals surface area contributed by atoms with E-state index in [1.54, 1.807) is 0 Å². The number of rotatable bonds is 4. The van der Waals surface area contributed by atoms with Gasteiger partial charge in [0.05, 0.1) is 25.2 Å². The number of carbonyl (C=O) groups excluding carboxylic acids is 1. The van der Waals surface area contributed by atoms with Crippen LogP contribution in [0.3, 0.4) is 0 Å². The molecule has 2 aliphatic heterocycles. The van der Waals surface area contributed by atoms with Crippen molar-refractivity contribution in [3.63, 3.8) is 0 Å². The maximum absolute atomic E-state index is 11.6. The number of ether oxygens (including phenoxy) is 2. The molecule has 2 N–H and O–H groups in total. The molecule has 1 amide bonds. The molecule has 2 heterocycles. The van der Waals surface area contributed by atoms with E-state index in [0.717, 1.165) is 32.5 Å². The number of hydrogen-bond acceptors (Lipinski definition) is 4. The maximum Gasteiger partial charge on any atom is 0.222 e. The quantitative estimate of drug-likeness (QED) is 0.755. The summed E-state index contributed by atoms with van der Waals surface area (Å²) in [6.45, 7) is 3.82. The van der Waals surface area contributed by atoms with Crippen molar-refractivity contribution in [2.45, 2.75) is 31.5 Å². The molecule has 2 atom stereocenters. The molecule has 2 saturated heterocycles. The monoisotopic (exact) mass is 264 g/mol. The Bertz CT molecular complexity index is 229. The van der Waals surface area contributed by atoms with Crippen molar-refractivity contribution in [3.05, 3.63) is 0 Å². The molecule has 0 aromatic heterocycles. The molecule has 0 saturated carbocycles. The van der Waals surface area contributed by atoms with E-state index in [4.69, 9.17) is 9.47 Å². The van der Waals surface area contributed by atoms with E-state index in [1.165, 1.54) is 0 Å². The average molecular weight is 265 g/mol. The fourth-order valence-electron chi connectivity index (χ4n) is 2.06. The first-order valence-electron chi connectivity index (χ1n) is 6.05. The first-order valence-corrected chi connectivity index (χ1v) is 6.05. The summed E-state index contributed by atoms with van der Waals surface area (Å²) in [6.07, 6.45) is 2.85. The SMILES string of the molecule is Cl.O=C(CC1CNCCO1)NCC1CCCO1. The second kappa shape index (κ2) is 7.87. The highest BCUT2D eigenvalue weighted by molar-refractivity contribution is 5.85. The molecule has 2 rings (SSSR count). The lowest BCUT2D eigenvalue weighted by atomic mass is 10.2. The van der Waals surface area contributed by atoms with Gasteiger partial charge in [-0.05, 0) is 12.8 Å². The highest BCUT2D eigenvalue weighted by Crippen LogP contribution is 2.10. The molecule has 0 bridgehead atoms. The summed E-state index contributed by atoms with van der Waals surface area (Å²) in [7, 11) is 0. The molecule has 0 aromatic rings. The molecular weight excluding hydrogens is 244 g/mol. The molecule has 0 spiro atoms. The molecule has 0 aromatic carbocycles. The van der Waals surface area contributed by atoms with Crippen LogP contribution >= 0.6 is 12.4 Å². The van der Waals surface area contributed by atoms with E-state index in [1.807, 2.05) is 0 Å². The van der Waals surface area contributed by atoms with Crippen molar-refractivity contribution in [2.24, 2.45) is 0 Å². The topological polar surface area (TPSA) is 59.6 Å². The zero-order chi connectivity index (χ0) is 11.2. The van der Waals surface area contributed by atoms with Gasteiger partial charge in [0, 0.05) is 26.2 Å². The van der Waals surface area contributed by atoms with Crippen molar-refractivity contribution in [2.75, 3.05) is 32.8 Å². The molecule has 100 valence electrons. The fraction of sp³-hybridized carbons (Fsp3) is 0.909. The van der Waals surface area contributed by atoms with Gasteiger partial charge in [0.25, 0.3) is 0 Å². The molecular formula is C11H21ClN2O3. The Morgan fingerprint density at radius 3 is 2.76 bits per heavy atom. The number of morpholine rings is 1. The third-order valence-corrected chi connectivity index (χ3v) is 2.97. The summed E-state index contributed by atoms with van der Waals surface area (Å²) in [6, 6.07) is 0. The predicted molar refractivity (Wildman–Crippen MR) is 66.5 cm³/mol. The van der Waals surface area contributed by atoms with E-state index in [2.05, 4.69) is 10.6 Å². The van der Waals surface area contributed by atoms with Gasteiger partial charge in [-0.25, -0.2) is 0 Å². The Kier molecular flexibility index (Phi) is 6.80. The second-order valence-corrected chi connectivity index (χ2v) is 4.34. The first kappa shape index (κ1) is 14.7. The van der Waals surface area contributed by atoms with Crippen molar-refractivity contribution in [1.82, 2.24) is 10.6 Å². The molecule has 0 aliphatic carbocycles. The van der Waals surface area contributed by atoms with Crippen molar-refractivity contribution < 1.29 is 14.3 Å². The molecule has 2 aliphatic rings. The summed E-state index contributed by atoms with van der Waals surface area (Å²) in [5.41, 5.74) is 0. The molecule has 5 nitrogen and oxygen atoms in total. The summed E-state index contributed by atoms with van der Waals surface area (Å²) < 4.78 is 10.9. The lowest BCUT2D eigenvalue weighted by molar-refractivity contribution is -0.125. The lowest BCUT2D eigenvalue weighted by Crippen LogP contribution is -2.42. The Hall–Kier alpha value is -0.360. The number of halogens is 1. The Balaban J connectivity index is 0.00000144. The second-order valence-electron chi connectivity index (χ2n) is 4.34. The van der Waals surface area contributed by atoms with Gasteiger partial charge in [-0.3, -0.25) is 4.79 Å². The Labute approximate surface area is 108 Å². The van der Waals surface area contributed by atoms with E-state index < -0.39 is 0 Å². The van der Waals surface area contributed by atoms with Crippen LogP contribution in [0.25, 0.3) is 0 Å². The maximum atomic E-state index is 11.6. The Morgan fingerprint density at radius 2 is 2.12 bits per heavy atom. The van der Waals surface area contributed by atoms with Crippen LogP contribution in [-0.4, -0.2) is 51.0 Å². The molecule has 2 fully saturated rings. The minimum absolute atomic E-state index is 0. The fourth-order valence-corrected chi connectivity index (χ4v) is 2.06. The van der Waals surface area contributed by atoms with Crippen LogP contribution < -0.4 is 10.6 Å². The third-order valence-electron chi connectivity index (χ3n) is 2.97. The van der Waals surface area contributed by atoms with Gasteiger partial charge in [-0.2, -0.15) is 0 Å². The minimum atomic E-state index is 0. The van der Waals surface area contributed by atoms with Gasteiger partial charge < -0.3 is 20.1 Å². The van der Waals surface area contributed by atoms with Crippen LogP contribution in [0.5, 0.6) is 0 Å². The number of carbonyl (C=O) groups is 1. The van der Waals surface area contributed by atoms with E-state index >= 15 is 0 Å². The van der Waals surface area contributed by atoms with Crippen LogP contribution in [0.4, 0.5) is 0 Å². The number of hydrogen-bond donors (Lipinski definition) is 2. The summed E-state index contributed by atoms with van der Waals surface area (Å²) in [4.78, 5) is 11.6. The smallest absolute Gasteiger partial charge is 0.222 e.